The molecule has 0 spiro atoms. The lowest BCUT2D eigenvalue weighted by Gasteiger charge is -2.00. The predicted molar refractivity (Wildman–Crippen MR) is 60.1 cm³/mol. The van der Waals surface area contributed by atoms with Crippen molar-refractivity contribution in [2.75, 3.05) is 13.0 Å². The van der Waals surface area contributed by atoms with Crippen molar-refractivity contribution in [3.8, 4) is 0 Å². The highest BCUT2D eigenvalue weighted by atomic mass is 35.5. The molecular formula is C11H19ClO3. The van der Waals surface area contributed by atoms with Crippen LogP contribution in [0.5, 0.6) is 0 Å². The van der Waals surface area contributed by atoms with Crippen molar-refractivity contribution in [3.05, 3.63) is 0 Å². The average Bonchev–Trinajstić information content (AvgIpc) is 2.25. The van der Waals surface area contributed by atoms with Crippen LogP contribution < -0.4 is 0 Å². The van der Waals surface area contributed by atoms with E-state index in [1.807, 2.05) is 0 Å². The Morgan fingerprint density at radius 2 is 1.67 bits per heavy atom. The molecule has 0 aromatic rings. The number of carbonyl (C=O) groups is 2. The fourth-order valence-electron chi connectivity index (χ4n) is 1.24. The lowest BCUT2D eigenvalue weighted by Crippen LogP contribution is -2.05. The smallest absolute Gasteiger partial charge is 0.305 e. The molecular weight excluding hydrogens is 216 g/mol. The number of rotatable bonds is 9. The molecule has 0 bridgehead atoms. The molecule has 0 aromatic carbocycles. The molecule has 0 aliphatic rings. The van der Waals surface area contributed by atoms with Crippen molar-refractivity contribution in [1.82, 2.24) is 0 Å². The Hall–Kier alpha value is -0.570. The fraction of sp³-hybridized carbons (Fsp3) is 0.818. The molecule has 0 unspecified atom stereocenters. The van der Waals surface area contributed by atoms with Crippen molar-refractivity contribution in [3.63, 3.8) is 0 Å². The summed E-state index contributed by atoms with van der Waals surface area (Å²) >= 11 is 5.53. The summed E-state index contributed by atoms with van der Waals surface area (Å²) < 4.78 is 4.45. The molecule has 0 rings (SSSR count). The monoisotopic (exact) mass is 234 g/mol. The van der Waals surface area contributed by atoms with E-state index in [2.05, 4.69) is 4.74 Å². The molecule has 0 aliphatic heterocycles. The number of unbranched alkanes of at least 4 members (excludes halogenated alkanes) is 3. The normalized spacial score (nSPS) is 10.0. The van der Waals surface area contributed by atoms with Gasteiger partial charge in [-0.15, -0.1) is 11.6 Å². The number of ether oxygens (including phenoxy) is 1. The average molecular weight is 235 g/mol. The van der Waals surface area contributed by atoms with Gasteiger partial charge in [-0.2, -0.15) is 0 Å². The van der Waals surface area contributed by atoms with Crippen LogP contribution in [-0.4, -0.2) is 24.7 Å². The number of alkyl halides is 1. The second kappa shape index (κ2) is 9.97. The highest BCUT2D eigenvalue weighted by Crippen LogP contribution is 2.06. The molecule has 3 nitrogen and oxygen atoms in total. The summed E-state index contributed by atoms with van der Waals surface area (Å²) in [5.41, 5.74) is 0. The third-order valence-electron chi connectivity index (χ3n) is 2.17. The van der Waals surface area contributed by atoms with Crippen LogP contribution in [0.3, 0.4) is 0 Å². The van der Waals surface area contributed by atoms with Gasteiger partial charge >= 0.3 is 5.97 Å². The third kappa shape index (κ3) is 9.73. The van der Waals surface area contributed by atoms with Gasteiger partial charge in [0.1, 0.15) is 5.78 Å². The standard InChI is InChI=1S/C11H19ClO3/c1-15-11(14)8-7-10(13)6-4-2-3-5-9-12/h2-9H2,1H3. The lowest BCUT2D eigenvalue weighted by molar-refractivity contribution is -0.141. The molecule has 15 heavy (non-hydrogen) atoms. The summed E-state index contributed by atoms with van der Waals surface area (Å²) in [6.45, 7) is 0. The van der Waals surface area contributed by atoms with Gasteiger partial charge in [0.25, 0.3) is 0 Å². The fourth-order valence-corrected chi connectivity index (χ4v) is 1.43. The maximum Gasteiger partial charge on any atom is 0.305 e. The first kappa shape index (κ1) is 14.4. The minimum absolute atomic E-state index is 0.145. The summed E-state index contributed by atoms with van der Waals surface area (Å²) in [6.07, 6.45) is 5.11. The number of hydrogen-bond donors (Lipinski definition) is 0. The van der Waals surface area contributed by atoms with Crippen molar-refractivity contribution in [2.24, 2.45) is 0 Å². The number of methoxy groups -OCH3 is 1. The quantitative estimate of drug-likeness (QED) is 0.350. The Balaban J connectivity index is 3.30. The molecule has 0 saturated heterocycles. The number of esters is 1. The molecule has 0 aliphatic carbocycles. The first-order chi connectivity index (χ1) is 7.20. The summed E-state index contributed by atoms with van der Waals surface area (Å²) in [6, 6.07) is 0. The van der Waals surface area contributed by atoms with Crippen LogP contribution >= 0.6 is 11.6 Å². The van der Waals surface area contributed by atoms with Crippen LogP contribution in [0.2, 0.25) is 0 Å². The predicted octanol–water partition coefficient (Wildman–Crippen LogP) is 2.70. The third-order valence-corrected chi connectivity index (χ3v) is 2.44. The van der Waals surface area contributed by atoms with E-state index >= 15 is 0 Å². The Bertz CT molecular complexity index is 192. The van der Waals surface area contributed by atoms with Crippen molar-refractivity contribution in [2.45, 2.75) is 44.9 Å². The summed E-state index contributed by atoms with van der Waals surface area (Å²) in [5.74, 6) is 0.521. The van der Waals surface area contributed by atoms with Gasteiger partial charge in [0, 0.05) is 18.7 Å². The van der Waals surface area contributed by atoms with Gasteiger partial charge in [-0.25, -0.2) is 0 Å². The van der Waals surface area contributed by atoms with E-state index in [0.717, 1.165) is 25.7 Å². The maximum atomic E-state index is 11.3. The van der Waals surface area contributed by atoms with Crippen molar-refractivity contribution >= 4 is 23.4 Å². The summed E-state index contributed by atoms with van der Waals surface area (Å²) in [4.78, 5) is 22.0. The van der Waals surface area contributed by atoms with Crippen LogP contribution in [0.25, 0.3) is 0 Å². The van der Waals surface area contributed by atoms with Crippen LogP contribution in [-0.2, 0) is 14.3 Å². The Morgan fingerprint density at radius 3 is 2.27 bits per heavy atom. The highest BCUT2D eigenvalue weighted by Gasteiger charge is 2.06. The molecule has 88 valence electrons. The van der Waals surface area contributed by atoms with Crippen LogP contribution in [0.15, 0.2) is 0 Å². The van der Waals surface area contributed by atoms with E-state index < -0.39 is 0 Å². The number of ketones is 1. The zero-order valence-electron chi connectivity index (χ0n) is 9.26. The molecule has 0 N–H and O–H groups in total. The Kier molecular flexibility index (Phi) is 9.59. The van der Waals surface area contributed by atoms with Crippen LogP contribution in [0, 0.1) is 0 Å². The Morgan fingerprint density at radius 1 is 1.00 bits per heavy atom. The SMILES string of the molecule is COC(=O)CCC(=O)CCCCCCCl. The van der Waals surface area contributed by atoms with E-state index in [1.54, 1.807) is 0 Å². The van der Waals surface area contributed by atoms with Gasteiger partial charge in [-0.05, 0) is 12.8 Å². The highest BCUT2D eigenvalue weighted by molar-refractivity contribution is 6.17. The molecule has 0 heterocycles. The van der Waals surface area contributed by atoms with Crippen LogP contribution in [0.1, 0.15) is 44.9 Å². The van der Waals surface area contributed by atoms with Crippen molar-refractivity contribution in [1.29, 1.82) is 0 Å². The van der Waals surface area contributed by atoms with Crippen LogP contribution in [0.4, 0.5) is 0 Å². The topological polar surface area (TPSA) is 43.4 Å². The molecule has 0 amide bonds. The second-order valence-corrected chi connectivity index (χ2v) is 3.85. The molecule has 0 fully saturated rings. The van der Waals surface area contributed by atoms with E-state index in [9.17, 15) is 9.59 Å². The number of Topliss-reactive ketones (excluding diaryl/α,β-unsaturated/α-hetero) is 1. The first-order valence-corrected chi connectivity index (χ1v) is 5.88. The first-order valence-electron chi connectivity index (χ1n) is 5.35. The van der Waals surface area contributed by atoms with Gasteiger partial charge in [-0.1, -0.05) is 12.8 Å². The zero-order valence-corrected chi connectivity index (χ0v) is 10.0. The molecule has 4 heteroatoms. The minimum Gasteiger partial charge on any atom is -0.469 e. The van der Waals surface area contributed by atoms with E-state index in [1.165, 1.54) is 7.11 Å². The van der Waals surface area contributed by atoms with Gasteiger partial charge < -0.3 is 4.74 Å². The van der Waals surface area contributed by atoms with Gasteiger partial charge in [-0.3, -0.25) is 9.59 Å². The second-order valence-electron chi connectivity index (χ2n) is 3.47. The molecule has 0 radical (unpaired) electrons. The summed E-state index contributed by atoms with van der Waals surface area (Å²) in [7, 11) is 1.33. The largest absolute Gasteiger partial charge is 0.469 e. The number of carbonyl (C=O) groups excluding carboxylic acids is 2. The number of hydrogen-bond acceptors (Lipinski definition) is 3. The lowest BCUT2D eigenvalue weighted by atomic mass is 10.1. The molecule has 0 aromatic heterocycles. The minimum atomic E-state index is -0.314. The van der Waals surface area contributed by atoms with E-state index in [-0.39, 0.29) is 18.2 Å². The zero-order chi connectivity index (χ0) is 11.5. The summed E-state index contributed by atoms with van der Waals surface area (Å²) in [5, 5.41) is 0. The van der Waals surface area contributed by atoms with Gasteiger partial charge in [0.15, 0.2) is 0 Å². The molecule has 0 atom stereocenters. The Labute approximate surface area is 96.1 Å². The van der Waals surface area contributed by atoms with Gasteiger partial charge in [0.05, 0.1) is 13.5 Å². The van der Waals surface area contributed by atoms with Gasteiger partial charge in [0.2, 0.25) is 0 Å². The maximum absolute atomic E-state index is 11.3. The van der Waals surface area contributed by atoms with Crippen molar-refractivity contribution < 1.29 is 14.3 Å². The van der Waals surface area contributed by atoms with E-state index in [4.69, 9.17) is 11.6 Å². The van der Waals surface area contributed by atoms with E-state index in [0.29, 0.717) is 18.7 Å². The molecule has 0 saturated carbocycles. The number of halogens is 1.